The number of carbonyl (C=O) groups excluding carboxylic acids is 1. The van der Waals surface area contributed by atoms with E-state index in [4.69, 9.17) is 11.6 Å². The van der Waals surface area contributed by atoms with Crippen LogP contribution in [-0.2, 0) is 4.79 Å². The van der Waals surface area contributed by atoms with Crippen molar-refractivity contribution in [2.24, 2.45) is 0 Å². The first-order valence-electron chi connectivity index (χ1n) is 3.54. The molecule has 1 amide bonds. The number of nitrogens with one attached hydrogen (secondary N) is 2. The van der Waals surface area contributed by atoms with Crippen molar-refractivity contribution in [2.45, 2.75) is 12.5 Å². The summed E-state index contributed by atoms with van der Waals surface area (Å²) in [6.45, 7) is 4.75. The van der Waals surface area contributed by atoms with Gasteiger partial charge in [-0.25, -0.2) is 0 Å². The van der Waals surface area contributed by atoms with Crippen molar-refractivity contribution in [3.05, 3.63) is 11.6 Å². The van der Waals surface area contributed by atoms with E-state index in [1.165, 1.54) is 0 Å². The summed E-state index contributed by atoms with van der Waals surface area (Å²) in [7, 11) is 0. The largest absolute Gasteiger partial charge is 0.350 e. The van der Waals surface area contributed by atoms with E-state index in [0.29, 0.717) is 11.6 Å². The number of hydrogen-bond acceptors (Lipinski definition) is 2. The number of amides is 1. The summed E-state index contributed by atoms with van der Waals surface area (Å²) in [5, 5.41) is 6.09. The molecule has 1 atom stereocenters. The molecule has 0 saturated carbocycles. The van der Waals surface area contributed by atoms with Gasteiger partial charge in [0.05, 0.1) is 12.6 Å². The highest BCUT2D eigenvalue weighted by molar-refractivity contribution is 6.29. The van der Waals surface area contributed by atoms with Crippen molar-refractivity contribution in [1.29, 1.82) is 0 Å². The van der Waals surface area contributed by atoms with E-state index < -0.39 is 0 Å². The Hall–Kier alpha value is -0.250. The molecule has 0 spiro atoms. The van der Waals surface area contributed by atoms with Gasteiger partial charge in [0, 0.05) is 5.03 Å². The van der Waals surface area contributed by atoms with E-state index >= 15 is 0 Å². The van der Waals surface area contributed by atoms with Crippen LogP contribution in [0.3, 0.4) is 0 Å². The monoisotopic (exact) mass is 210 g/mol. The first-order chi connectivity index (χ1) is 5.20. The molecule has 0 radical (unpaired) electrons. The van der Waals surface area contributed by atoms with Crippen molar-refractivity contribution >= 4 is 29.9 Å². The van der Waals surface area contributed by atoms with Crippen LogP contribution in [0.1, 0.15) is 6.42 Å². The van der Waals surface area contributed by atoms with Crippen LogP contribution in [-0.4, -0.2) is 25.0 Å². The highest BCUT2D eigenvalue weighted by Gasteiger charge is 2.23. The van der Waals surface area contributed by atoms with E-state index in [0.717, 1.165) is 13.0 Å². The van der Waals surface area contributed by atoms with Crippen molar-refractivity contribution in [2.75, 3.05) is 13.1 Å². The van der Waals surface area contributed by atoms with E-state index in [1.807, 2.05) is 0 Å². The molecule has 5 heteroatoms. The lowest BCUT2D eigenvalue weighted by atomic mass is 10.1. The van der Waals surface area contributed by atoms with Crippen LogP contribution in [0.4, 0.5) is 0 Å². The Labute approximate surface area is 83.0 Å². The molecule has 1 fully saturated rings. The molecular formula is C7H12Cl2N2O. The zero-order valence-electron chi connectivity index (χ0n) is 6.60. The fourth-order valence-corrected chi connectivity index (χ4v) is 0.886. The van der Waals surface area contributed by atoms with Gasteiger partial charge in [-0.05, 0) is 13.0 Å². The fourth-order valence-electron chi connectivity index (χ4n) is 0.819. The molecule has 0 aliphatic carbocycles. The van der Waals surface area contributed by atoms with Crippen LogP contribution < -0.4 is 10.6 Å². The summed E-state index contributed by atoms with van der Waals surface area (Å²) in [4.78, 5) is 11.1. The third-order valence-electron chi connectivity index (χ3n) is 1.59. The minimum Gasteiger partial charge on any atom is -0.350 e. The minimum atomic E-state index is -0.00832. The van der Waals surface area contributed by atoms with Gasteiger partial charge in [-0.3, -0.25) is 4.79 Å². The van der Waals surface area contributed by atoms with E-state index in [2.05, 4.69) is 17.2 Å². The summed E-state index contributed by atoms with van der Waals surface area (Å²) < 4.78 is 0. The zero-order chi connectivity index (χ0) is 8.27. The molecule has 0 bridgehead atoms. The zero-order valence-corrected chi connectivity index (χ0v) is 8.17. The molecule has 70 valence electrons. The third kappa shape index (κ3) is 3.43. The summed E-state index contributed by atoms with van der Waals surface area (Å²) in [6, 6.07) is -0.00832. The molecule has 0 aromatic carbocycles. The highest BCUT2D eigenvalue weighted by atomic mass is 35.5. The topological polar surface area (TPSA) is 41.1 Å². The van der Waals surface area contributed by atoms with Crippen molar-refractivity contribution in [3.8, 4) is 0 Å². The lowest BCUT2D eigenvalue weighted by Crippen LogP contribution is -2.53. The van der Waals surface area contributed by atoms with Gasteiger partial charge in [-0.15, -0.1) is 12.4 Å². The van der Waals surface area contributed by atoms with Gasteiger partial charge in [0.1, 0.15) is 0 Å². The molecule has 1 aliphatic rings. The maximum absolute atomic E-state index is 11.1. The van der Waals surface area contributed by atoms with Gasteiger partial charge in [0.2, 0.25) is 5.91 Å². The Morgan fingerprint density at radius 2 is 2.33 bits per heavy atom. The maximum Gasteiger partial charge on any atom is 0.237 e. The Kier molecular flexibility index (Phi) is 5.29. The average molecular weight is 211 g/mol. The quantitative estimate of drug-likeness (QED) is 0.719. The molecule has 0 aromatic rings. The Morgan fingerprint density at radius 3 is 2.67 bits per heavy atom. The number of carbonyl (C=O) groups is 1. The van der Waals surface area contributed by atoms with Gasteiger partial charge in [-0.1, -0.05) is 18.2 Å². The summed E-state index contributed by atoms with van der Waals surface area (Å²) in [5.74, 6) is 0.0121. The van der Waals surface area contributed by atoms with Gasteiger partial charge < -0.3 is 10.6 Å². The second-order valence-corrected chi connectivity index (χ2v) is 3.06. The Balaban J connectivity index is 0.00000121. The lowest BCUT2D eigenvalue weighted by Gasteiger charge is -2.26. The Bertz CT molecular complexity index is 180. The summed E-state index contributed by atoms with van der Waals surface area (Å²) >= 11 is 5.46. The van der Waals surface area contributed by atoms with Gasteiger partial charge in [0.15, 0.2) is 0 Å². The van der Waals surface area contributed by atoms with E-state index in [1.54, 1.807) is 0 Å². The van der Waals surface area contributed by atoms with Crippen LogP contribution in [0.5, 0.6) is 0 Å². The smallest absolute Gasteiger partial charge is 0.237 e. The standard InChI is InChI=1S/C7H11ClN2O.ClH/c1-5(8)4-10-7(11)6-2-3-9-6;/h6,9H,1-4H2,(H,10,11);1H/t6-;/m1./s1. The number of halogens is 2. The molecule has 2 N–H and O–H groups in total. The van der Waals surface area contributed by atoms with Gasteiger partial charge in [-0.2, -0.15) is 0 Å². The molecule has 1 aliphatic heterocycles. The number of rotatable bonds is 3. The van der Waals surface area contributed by atoms with E-state index in [9.17, 15) is 4.79 Å². The highest BCUT2D eigenvalue weighted by Crippen LogP contribution is 2.01. The molecule has 1 saturated heterocycles. The molecule has 1 heterocycles. The van der Waals surface area contributed by atoms with Crippen LogP contribution in [0.15, 0.2) is 11.6 Å². The molecular weight excluding hydrogens is 199 g/mol. The number of hydrogen-bond donors (Lipinski definition) is 2. The molecule has 0 unspecified atom stereocenters. The molecule has 0 aromatic heterocycles. The van der Waals surface area contributed by atoms with Crippen LogP contribution in [0.2, 0.25) is 0 Å². The second kappa shape index (κ2) is 5.41. The van der Waals surface area contributed by atoms with Crippen LogP contribution in [0.25, 0.3) is 0 Å². The first kappa shape index (κ1) is 11.8. The van der Waals surface area contributed by atoms with Crippen LogP contribution >= 0.6 is 24.0 Å². The van der Waals surface area contributed by atoms with Crippen molar-refractivity contribution in [1.82, 2.24) is 10.6 Å². The molecule has 3 nitrogen and oxygen atoms in total. The van der Waals surface area contributed by atoms with Crippen molar-refractivity contribution < 1.29 is 4.79 Å². The van der Waals surface area contributed by atoms with E-state index in [-0.39, 0.29) is 24.4 Å². The normalized spacial score (nSPS) is 20.2. The molecule has 1 rings (SSSR count). The molecule has 12 heavy (non-hydrogen) atoms. The Morgan fingerprint density at radius 1 is 1.75 bits per heavy atom. The average Bonchev–Trinajstić information content (AvgIpc) is 1.79. The van der Waals surface area contributed by atoms with Crippen LogP contribution in [0, 0.1) is 0 Å². The van der Waals surface area contributed by atoms with Crippen molar-refractivity contribution in [3.63, 3.8) is 0 Å². The SMILES string of the molecule is C=C(Cl)CNC(=O)[C@H]1CCN1.Cl. The minimum absolute atomic E-state index is 0. The predicted molar refractivity (Wildman–Crippen MR) is 51.7 cm³/mol. The fraction of sp³-hybridized carbons (Fsp3) is 0.571. The van der Waals surface area contributed by atoms with Gasteiger partial charge in [0.25, 0.3) is 0 Å². The summed E-state index contributed by atoms with van der Waals surface area (Å²) in [6.07, 6.45) is 0.917. The first-order valence-corrected chi connectivity index (χ1v) is 3.92. The second-order valence-electron chi connectivity index (χ2n) is 2.53. The maximum atomic E-state index is 11.1. The summed E-state index contributed by atoms with van der Waals surface area (Å²) in [5.41, 5.74) is 0. The van der Waals surface area contributed by atoms with Gasteiger partial charge >= 0.3 is 0 Å². The lowest BCUT2D eigenvalue weighted by molar-refractivity contribution is -0.124. The predicted octanol–water partition coefficient (Wildman–Crippen LogP) is 0.639. The third-order valence-corrected chi connectivity index (χ3v) is 1.73.